The highest BCUT2D eigenvalue weighted by molar-refractivity contribution is 5.85. The van der Waals surface area contributed by atoms with Crippen LogP contribution in [-0.2, 0) is 10.2 Å². The first kappa shape index (κ1) is 17.4. The van der Waals surface area contributed by atoms with Gasteiger partial charge in [-0.25, -0.2) is 0 Å². The molecule has 5 fully saturated rings. The Morgan fingerprint density at radius 2 is 1.80 bits per heavy atom. The second kappa shape index (κ2) is 6.28. The van der Waals surface area contributed by atoms with Gasteiger partial charge in [0.05, 0.1) is 5.41 Å². The molecule has 1 aromatic carbocycles. The summed E-state index contributed by atoms with van der Waals surface area (Å²) in [6, 6.07) is 11.4. The molecule has 1 aliphatic heterocycles. The monoisotopic (exact) mass is 360 g/mol. The number of carbonyl (C=O) groups is 1. The molecule has 5 aliphatic rings. The average molecular weight is 361 g/mol. The zero-order valence-electron chi connectivity index (χ0n) is 14.8. The number of hydrogen-bond acceptors (Lipinski definition) is 2. The van der Waals surface area contributed by atoms with Gasteiger partial charge in [0.15, 0.2) is 0 Å². The zero-order valence-corrected chi connectivity index (χ0v) is 15.6. The standard InChI is InChI=1S/C21H28N2O.ClH/c24-19(23-18-6-7-22-13-18)21-11-15-8-16(12-21)10-20(9-15,14-21)17-4-2-1-3-5-17;/h1-5,15-16,18,22H,6-14H2,(H,23,24);1H/t15?,16?,18-,20?,21?;/m1./s1. The fourth-order valence-electron chi connectivity index (χ4n) is 6.77. The van der Waals surface area contributed by atoms with E-state index in [0.717, 1.165) is 50.6 Å². The van der Waals surface area contributed by atoms with Gasteiger partial charge in [-0.05, 0) is 74.3 Å². The highest BCUT2D eigenvalue weighted by Gasteiger charge is 2.61. The molecule has 0 spiro atoms. The first-order valence-electron chi connectivity index (χ1n) is 9.75. The van der Waals surface area contributed by atoms with Crippen LogP contribution in [0.15, 0.2) is 30.3 Å². The van der Waals surface area contributed by atoms with Crippen LogP contribution >= 0.6 is 12.4 Å². The van der Waals surface area contributed by atoms with Gasteiger partial charge >= 0.3 is 0 Å². The highest BCUT2D eigenvalue weighted by Crippen LogP contribution is 2.65. The summed E-state index contributed by atoms with van der Waals surface area (Å²) >= 11 is 0. The van der Waals surface area contributed by atoms with Gasteiger partial charge in [-0.15, -0.1) is 12.4 Å². The van der Waals surface area contributed by atoms with Crippen molar-refractivity contribution in [3.63, 3.8) is 0 Å². The first-order chi connectivity index (χ1) is 11.7. The van der Waals surface area contributed by atoms with Gasteiger partial charge in [-0.2, -0.15) is 0 Å². The summed E-state index contributed by atoms with van der Waals surface area (Å²) < 4.78 is 0. The Kier molecular flexibility index (Phi) is 4.36. The zero-order chi connectivity index (χ0) is 16.2. The smallest absolute Gasteiger partial charge is 0.226 e. The number of nitrogens with one attached hydrogen (secondary N) is 2. The van der Waals surface area contributed by atoms with E-state index in [1.54, 1.807) is 0 Å². The van der Waals surface area contributed by atoms with E-state index >= 15 is 0 Å². The van der Waals surface area contributed by atoms with Gasteiger partial charge < -0.3 is 10.6 Å². The van der Waals surface area contributed by atoms with Gasteiger partial charge in [-0.1, -0.05) is 30.3 Å². The predicted octanol–water partition coefficient (Wildman–Crippen LogP) is 3.42. The lowest BCUT2D eigenvalue weighted by atomic mass is 9.42. The molecule has 3 atom stereocenters. The van der Waals surface area contributed by atoms with E-state index in [9.17, 15) is 4.79 Å². The van der Waals surface area contributed by atoms with Gasteiger partial charge in [0.2, 0.25) is 5.91 Å². The molecule has 6 rings (SSSR count). The number of rotatable bonds is 3. The van der Waals surface area contributed by atoms with Crippen molar-refractivity contribution in [2.75, 3.05) is 13.1 Å². The highest BCUT2D eigenvalue weighted by atomic mass is 35.5. The molecule has 1 aromatic rings. The van der Waals surface area contributed by atoms with E-state index in [-0.39, 0.29) is 23.2 Å². The SMILES string of the molecule is Cl.O=C(N[C@@H]1CCNC1)C12CC3CC(C1)CC(c1ccccc1)(C3)C2. The van der Waals surface area contributed by atoms with Crippen LogP contribution in [0.4, 0.5) is 0 Å². The van der Waals surface area contributed by atoms with Crippen LogP contribution < -0.4 is 10.6 Å². The number of amides is 1. The lowest BCUT2D eigenvalue weighted by molar-refractivity contribution is -0.149. The number of halogens is 1. The molecule has 3 nitrogen and oxygen atoms in total. The van der Waals surface area contributed by atoms with Crippen LogP contribution in [-0.4, -0.2) is 25.0 Å². The summed E-state index contributed by atoms with van der Waals surface area (Å²) in [5.41, 5.74) is 1.65. The van der Waals surface area contributed by atoms with Crippen molar-refractivity contribution in [1.29, 1.82) is 0 Å². The maximum atomic E-state index is 13.3. The summed E-state index contributed by atoms with van der Waals surface area (Å²) in [7, 11) is 0. The van der Waals surface area contributed by atoms with Crippen molar-refractivity contribution in [3.05, 3.63) is 35.9 Å². The fraction of sp³-hybridized carbons (Fsp3) is 0.667. The van der Waals surface area contributed by atoms with Crippen LogP contribution in [0, 0.1) is 17.3 Å². The molecule has 1 heterocycles. The Morgan fingerprint density at radius 3 is 2.44 bits per heavy atom. The minimum Gasteiger partial charge on any atom is -0.352 e. The van der Waals surface area contributed by atoms with Crippen molar-refractivity contribution in [1.82, 2.24) is 10.6 Å². The lowest BCUT2D eigenvalue weighted by Crippen LogP contribution is -2.60. The molecule has 1 saturated heterocycles. The van der Waals surface area contributed by atoms with Crippen LogP contribution in [0.1, 0.15) is 50.5 Å². The third-order valence-electron chi connectivity index (χ3n) is 7.32. The fourth-order valence-corrected chi connectivity index (χ4v) is 6.77. The van der Waals surface area contributed by atoms with Crippen molar-refractivity contribution in [2.45, 2.75) is 56.4 Å². The third kappa shape index (κ3) is 2.80. The molecular formula is C21H29ClN2O. The van der Waals surface area contributed by atoms with Crippen molar-refractivity contribution in [2.24, 2.45) is 17.3 Å². The molecule has 4 aliphatic carbocycles. The Hall–Kier alpha value is -1.06. The summed E-state index contributed by atoms with van der Waals surface area (Å²) in [6.45, 7) is 1.98. The molecular weight excluding hydrogens is 332 g/mol. The number of carbonyl (C=O) groups excluding carboxylic acids is 1. The van der Waals surface area contributed by atoms with E-state index in [4.69, 9.17) is 0 Å². The quantitative estimate of drug-likeness (QED) is 0.867. The largest absolute Gasteiger partial charge is 0.352 e. The summed E-state index contributed by atoms with van der Waals surface area (Å²) in [6.07, 6.45) is 8.37. The third-order valence-corrected chi connectivity index (χ3v) is 7.32. The van der Waals surface area contributed by atoms with Gasteiger partial charge in [0.1, 0.15) is 0 Å². The summed E-state index contributed by atoms with van der Waals surface area (Å²) in [5, 5.41) is 6.77. The van der Waals surface area contributed by atoms with Crippen LogP contribution in [0.3, 0.4) is 0 Å². The Morgan fingerprint density at radius 1 is 1.08 bits per heavy atom. The normalized spacial score (nSPS) is 41.4. The van der Waals surface area contributed by atoms with E-state index in [2.05, 4.69) is 41.0 Å². The maximum Gasteiger partial charge on any atom is 0.226 e. The molecule has 2 N–H and O–H groups in total. The molecule has 4 heteroatoms. The molecule has 136 valence electrons. The van der Waals surface area contributed by atoms with Crippen LogP contribution in [0.2, 0.25) is 0 Å². The minimum absolute atomic E-state index is 0. The molecule has 1 amide bonds. The van der Waals surface area contributed by atoms with Gasteiger partial charge in [0, 0.05) is 12.6 Å². The van der Waals surface area contributed by atoms with Crippen molar-refractivity contribution < 1.29 is 4.79 Å². The van der Waals surface area contributed by atoms with Crippen LogP contribution in [0.25, 0.3) is 0 Å². The molecule has 2 unspecified atom stereocenters. The Balaban J connectivity index is 0.00000157. The minimum atomic E-state index is -0.0947. The van der Waals surface area contributed by atoms with E-state index in [1.165, 1.54) is 24.8 Å². The molecule has 4 saturated carbocycles. The van der Waals surface area contributed by atoms with E-state index < -0.39 is 0 Å². The Labute approximate surface area is 156 Å². The molecule has 0 aromatic heterocycles. The van der Waals surface area contributed by atoms with E-state index in [1.807, 2.05) is 0 Å². The van der Waals surface area contributed by atoms with Crippen LogP contribution in [0.5, 0.6) is 0 Å². The topological polar surface area (TPSA) is 41.1 Å². The molecule has 4 bridgehead atoms. The van der Waals surface area contributed by atoms with Gasteiger partial charge in [-0.3, -0.25) is 4.79 Å². The summed E-state index contributed by atoms with van der Waals surface area (Å²) in [5.74, 6) is 1.86. The van der Waals surface area contributed by atoms with Crippen molar-refractivity contribution in [3.8, 4) is 0 Å². The molecule has 25 heavy (non-hydrogen) atoms. The number of benzene rings is 1. The van der Waals surface area contributed by atoms with Crippen molar-refractivity contribution >= 4 is 18.3 Å². The number of hydrogen-bond donors (Lipinski definition) is 2. The van der Waals surface area contributed by atoms with E-state index in [0.29, 0.717) is 11.9 Å². The lowest BCUT2D eigenvalue weighted by Gasteiger charge is -2.61. The summed E-state index contributed by atoms with van der Waals surface area (Å²) in [4.78, 5) is 13.3. The average Bonchev–Trinajstić information content (AvgIpc) is 3.07. The predicted molar refractivity (Wildman–Crippen MR) is 102 cm³/mol. The van der Waals surface area contributed by atoms with Gasteiger partial charge in [0.25, 0.3) is 0 Å². The second-order valence-electron chi connectivity index (χ2n) is 9.05. The first-order valence-corrected chi connectivity index (χ1v) is 9.75. The maximum absolute atomic E-state index is 13.3. The second-order valence-corrected chi connectivity index (χ2v) is 9.05. The Bertz CT molecular complexity index is 627. The molecule has 0 radical (unpaired) electrons.